The van der Waals surface area contributed by atoms with Crippen LogP contribution in [-0.4, -0.2) is 36.3 Å². The highest BCUT2D eigenvalue weighted by molar-refractivity contribution is 9.10. The van der Waals surface area contributed by atoms with Crippen LogP contribution in [0.2, 0.25) is 0 Å². The number of carbonyl (C=O) groups is 1. The SMILES string of the molecule is CCOC(=O)C1=C(C)N=c2s/c(=C\c3ccc(OCc4ccc([N+](=O)[O-])cc4)cc3)c(=O)n2[C@@H]1c1cc(OC)c(OC)cc1Br. The Labute approximate surface area is 269 Å². The van der Waals surface area contributed by atoms with Crippen LogP contribution in [0.25, 0.3) is 6.08 Å². The van der Waals surface area contributed by atoms with E-state index in [-0.39, 0.29) is 30.0 Å². The minimum Gasteiger partial charge on any atom is -0.493 e. The number of non-ortho nitro benzene ring substituents is 1. The number of aromatic nitrogens is 1. The molecule has 2 heterocycles. The Balaban J connectivity index is 1.51. The molecular formula is C32H28BrN3O8S. The molecule has 0 N–H and O–H groups in total. The highest BCUT2D eigenvalue weighted by atomic mass is 79.9. The Morgan fingerprint density at radius 3 is 2.38 bits per heavy atom. The van der Waals surface area contributed by atoms with E-state index in [0.717, 1.165) is 11.1 Å². The number of esters is 1. The number of nitro groups is 1. The summed E-state index contributed by atoms with van der Waals surface area (Å²) >= 11 is 4.82. The van der Waals surface area contributed by atoms with Gasteiger partial charge in [0.05, 0.1) is 47.6 Å². The number of allylic oxidation sites excluding steroid dienone is 1. The normalized spacial score (nSPS) is 14.4. The molecule has 0 bridgehead atoms. The largest absolute Gasteiger partial charge is 0.493 e. The fourth-order valence-corrected chi connectivity index (χ4v) is 6.44. The van der Waals surface area contributed by atoms with Crippen molar-refractivity contribution in [3.05, 3.63) is 123 Å². The molecule has 0 saturated heterocycles. The average molecular weight is 695 g/mol. The summed E-state index contributed by atoms with van der Waals surface area (Å²) in [5.74, 6) is 0.953. The van der Waals surface area contributed by atoms with E-state index in [1.165, 1.54) is 42.3 Å². The van der Waals surface area contributed by atoms with Gasteiger partial charge in [0.1, 0.15) is 12.4 Å². The molecule has 1 aliphatic rings. The minimum atomic E-state index is -0.841. The van der Waals surface area contributed by atoms with Gasteiger partial charge in [0.25, 0.3) is 11.2 Å². The molecule has 4 aromatic rings. The second-order valence-electron chi connectivity index (χ2n) is 9.81. The molecule has 1 aliphatic heterocycles. The third-order valence-electron chi connectivity index (χ3n) is 7.05. The lowest BCUT2D eigenvalue weighted by atomic mass is 9.95. The van der Waals surface area contributed by atoms with Gasteiger partial charge < -0.3 is 18.9 Å². The van der Waals surface area contributed by atoms with Gasteiger partial charge in [-0.3, -0.25) is 19.5 Å². The van der Waals surface area contributed by atoms with Crippen molar-refractivity contribution in [3.63, 3.8) is 0 Å². The number of hydrogen-bond acceptors (Lipinski definition) is 10. The number of nitro benzene ring substituents is 1. The lowest BCUT2D eigenvalue weighted by molar-refractivity contribution is -0.384. The maximum absolute atomic E-state index is 14.0. The van der Waals surface area contributed by atoms with Crippen molar-refractivity contribution in [1.29, 1.82) is 0 Å². The number of carbonyl (C=O) groups excluding carboxylic acids is 1. The van der Waals surface area contributed by atoms with Gasteiger partial charge in [-0.1, -0.05) is 39.4 Å². The number of hydrogen-bond donors (Lipinski definition) is 0. The molecule has 11 nitrogen and oxygen atoms in total. The molecule has 5 rings (SSSR count). The van der Waals surface area contributed by atoms with Gasteiger partial charge in [0.15, 0.2) is 16.3 Å². The molecule has 0 spiro atoms. The summed E-state index contributed by atoms with van der Waals surface area (Å²) in [5, 5.41) is 10.9. The number of benzene rings is 3. The average Bonchev–Trinajstić information content (AvgIpc) is 3.33. The van der Waals surface area contributed by atoms with Crippen molar-refractivity contribution in [2.75, 3.05) is 20.8 Å². The predicted molar refractivity (Wildman–Crippen MR) is 172 cm³/mol. The van der Waals surface area contributed by atoms with Crippen molar-refractivity contribution in [3.8, 4) is 17.2 Å². The lowest BCUT2D eigenvalue weighted by Gasteiger charge is -2.26. The topological polar surface area (TPSA) is 131 Å². The molecule has 232 valence electrons. The van der Waals surface area contributed by atoms with E-state index >= 15 is 0 Å². The quantitative estimate of drug-likeness (QED) is 0.128. The summed E-state index contributed by atoms with van der Waals surface area (Å²) in [6, 6.07) is 16.0. The number of halogens is 1. The Morgan fingerprint density at radius 2 is 1.76 bits per heavy atom. The second kappa shape index (κ2) is 13.5. The first-order chi connectivity index (χ1) is 21.6. The third kappa shape index (κ3) is 6.54. The molecule has 45 heavy (non-hydrogen) atoms. The number of nitrogens with zero attached hydrogens (tertiary/aromatic N) is 3. The monoisotopic (exact) mass is 693 g/mol. The lowest BCUT2D eigenvalue weighted by Crippen LogP contribution is -2.40. The fraction of sp³-hybridized carbons (Fsp3) is 0.219. The standard InChI is InChI=1S/C32H28BrN3O8S/c1-5-43-31(38)28-18(2)34-32-35(29(28)23-15-25(41-3)26(42-4)16-24(23)33)30(37)27(45-32)14-19-8-12-22(13-9-19)44-17-20-6-10-21(11-7-20)36(39)40/h6-16,29H,5,17H2,1-4H3/b27-14-/t29-/m1/s1. The van der Waals surface area contributed by atoms with Crippen molar-refractivity contribution in [1.82, 2.24) is 4.57 Å². The van der Waals surface area contributed by atoms with Crippen LogP contribution >= 0.6 is 27.3 Å². The number of methoxy groups -OCH3 is 2. The van der Waals surface area contributed by atoms with E-state index in [1.54, 1.807) is 56.3 Å². The Morgan fingerprint density at radius 1 is 1.09 bits per heavy atom. The second-order valence-corrected chi connectivity index (χ2v) is 11.7. The van der Waals surface area contributed by atoms with E-state index in [1.807, 2.05) is 12.1 Å². The Bertz CT molecular complexity index is 1980. The molecule has 0 saturated carbocycles. The first-order valence-electron chi connectivity index (χ1n) is 13.7. The summed E-state index contributed by atoms with van der Waals surface area (Å²) in [6.45, 7) is 3.84. The van der Waals surface area contributed by atoms with E-state index in [0.29, 0.717) is 42.3 Å². The highest BCUT2D eigenvalue weighted by Gasteiger charge is 2.35. The van der Waals surface area contributed by atoms with Crippen molar-refractivity contribution >= 4 is 45.0 Å². The van der Waals surface area contributed by atoms with Crippen LogP contribution in [0, 0.1) is 10.1 Å². The molecular weight excluding hydrogens is 666 g/mol. The molecule has 0 amide bonds. The maximum atomic E-state index is 14.0. The van der Waals surface area contributed by atoms with Gasteiger partial charge in [0, 0.05) is 16.6 Å². The molecule has 1 atom stereocenters. The first kappa shape index (κ1) is 31.7. The molecule has 0 fully saturated rings. The minimum absolute atomic E-state index is 0.0170. The first-order valence-corrected chi connectivity index (χ1v) is 15.3. The summed E-state index contributed by atoms with van der Waals surface area (Å²) < 4.78 is 24.7. The maximum Gasteiger partial charge on any atom is 0.338 e. The summed E-state index contributed by atoms with van der Waals surface area (Å²) in [7, 11) is 3.04. The highest BCUT2D eigenvalue weighted by Crippen LogP contribution is 2.40. The van der Waals surface area contributed by atoms with Crippen LogP contribution < -0.4 is 29.1 Å². The van der Waals surface area contributed by atoms with Crippen LogP contribution in [0.4, 0.5) is 5.69 Å². The van der Waals surface area contributed by atoms with Gasteiger partial charge in [-0.2, -0.15) is 0 Å². The van der Waals surface area contributed by atoms with Crippen LogP contribution in [-0.2, 0) is 16.1 Å². The molecule has 0 unspecified atom stereocenters. The number of rotatable bonds is 10. The summed E-state index contributed by atoms with van der Waals surface area (Å²) in [6.07, 6.45) is 1.76. The smallest absolute Gasteiger partial charge is 0.338 e. The molecule has 13 heteroatoms. The molecule has 3 aromatic carbocycles. The zero-order valence-corrected chi connectivity index (χ0v) is 27.1. The van der Waals surface area contributed by atoms with Crippen molar-refractivity contribution in [2.24, 2.45) is 4.99 Å². The van der Waals surface area contributed by atoms with E-state index < -0.39 is 16.9 Å². The number of ether oxygens (including phenoxy) is 4. The van der Waals surface area contributed by atoms with E-state index in [4.69, 9.17) is 18.9 Å². The van der Waals surface area contributed by atoms with Crippen LogP contribution in [0.1, 0.15) is 36.6 Å². The predicted octanol–water partition coefficient (Wildman–Crippen LogP) is 5.07. The summed E-state index contributed by atoms with van der Waals surface area (Å²) in [5.41, 5.74) is 2.54. The van der Waals surface area contributed by atoms with Gasteiger partial charge >= 0.3 is 5.97 Å². The van der Waals surface area contributed by atoms with Crippen LogP contribution in [0.15, 0.2) is 86.2 Å². The van der Waals surface area contributed by atoms with Crippen LogP contribution in [0.5, 0.6) is 17.2 Å². The van der Waals surface area contributed by atoms with Gasteiger partial charge in [0.2, 0.25) is 0 Å². The Hall–Kier alpha value is -4.75. The zero-order valence-electron chi connectivity index (χ0n) is 24.7. The molecule has 0 aliphatic carbocycles. The number of fused-ring (bicyclic) bond motifs is 1. The summed E-state index contributed by atoms with van der Waals surface area (Å²) in [4.78, 5) is 42.7. The fourth-order valence-electron chi connectivity index (χ4n) is 4.86. The zero-order chi connectivity index (χ0) is 32.2. The molecule has 1 aromatic heterocycles. The third-order valence-corrected chi connectivity index (χ3v) is 8.71. The van der Waals surface area contributed by atoms with Gasteiger partial charge in [-0.25, -0.2) is 9.79 Å². The van der Waals surface area contributed by atoms with E-state index in [9.17, 15) is 19.7 Å². The van der Waals surface area contributed by atoms with Gasteiger partial charge in [-0.15, -0.1) is 0 Å². The van der Waals surface area contributed by atoms with Gasteiger partial charge in [-0.05, 0) is 73.0 Å². The Kier molecular flexibility index (Phi) is 9.49. The van der Waals surface area contributed by atoms with Crippen molar-refractivity contribution < 1.29 is 28.7 Å². The van der Waals surface area contributed by atoms with E-state index in [2.05, 4.69) is 20.9 Å². The molecule has 0 radical (unpaired) electrons. The van der Waals surface area contributed by atoms with Crippen molar-refractivity contribution in [2.45, 2.75) is 26.5 Å². The van der Waals surface area contributed by atoms with Crippen LogP contribution in [0.3, 0.4) is 0 Å². The number of thiazole rings is 1.